The van der Waals surface area contributed by atoms with Crippen LogP contribution in [0.5, 0.6) is 0 Å². The Balaban J connectivity index is 0. The number of hydrogen-bond donors (Lipinski definition) is 2. The van der Waals surface area contributed by atoms with Crippen molar-refractivity contribution < 1.29 is 14.3 Å². The smallest absolute Gasteiger partial charge is 0.330 e. The number of ether oxygens (including phenoxy) is 1. The summed E-state index contributed by atoms with van der Waals surface area (Å²) in [5.74, 6) is -0.649. The highest BCUT2D eigenvalue weighted by Gasteiger charge is 2.29. The summed E-state index contributed by atoms with van der Waals surface area (Å²) >= 11 is 0. The van der Waals surface area contributed by atoms with Gasteiger partial charge in [-0.25, -0.2) is 4.79 Å². The van der Waals surface area contributed by atoms with E-state index in [1.54, 1.807) is 13.8 Å². The van der Waals surface area contributed by atoms with Gasteiger partial charge in [-0.2, -0.15) is 0 Å². The van der Waals surface area contributed by atoms with E-state index in [2.05, 4.69) is 10.1 Å². The fourth-order valence-corrected chi connectivity index (χ4v) is 0.980. The monoisotopic (exact) mass is 238 g/mol. The average molecular weight is 239 g/mol. The second-order valence-electron chi connectivity index (χ2n) is 3.56. The lowest BCUT2D eigenvalue weighted by Crippen LogP contribution is -2.50. The molecule has 90 valence electrons. The summed E-state index contributed by atoms with van der Waals surface area (Å²) in [6, 6.07) is 0. The number of carbonyl (C=O) groups is 2. The molecule has 0 unspecified atom stereocenters. The summed E-state index contributed by atoms with van der Waals surface area (Å²) in [4.78, 5) is 22.4. The summed E-state index contributed by atoms with van der Waals surface area (Å²) < 4.78 is 4.54. The molecule has 0 heterocycles. The zero-order valence-corrected chi connectivity index (χ0v) is 10.1. The molecule has 0 aliphatic heterocycles. The third-order valence-electron chi connectivity index (χ3n) is 1.76. The number of halogens is 1. The molecule has 0 rings (SSSR count). The van der Waals surface area contributed by atoms with E-state index in [1.165, 1.54) is 7.11 Å². The van der Waals surface area contributed by atoms with Gasteiger partial charge in [0.15, 0.2) is 0 Å². The Bertz CT molecular complexity index is 219. The van der Waals surface area contributed by atoms with E-state index in [4.69, 9.17) is 5.73 Å². The number of nitrogens with one attached hydrogen (secondary N) is 1. The fraction of sp³-hybridized carbons (Fsp3) is 0.778. The van der Waals surface area contributed by atoms with Crippen molar-refractivity contribution in [2.24, 2.45) is 5.73 Å². The maximum Gasteiger partial charge on any atom is 0.330 e. The molecular weight excluding hydrogens is 220 g/mol. The normalized spacial score (nSPS) is 10.1. The van der Waals surface area contributed by atoms with E-state index < -0.39 is 11.5 Å². The van der Waals surface area contributed by atoms with Gasteiger partial charge in [-0.05, 0) is 26.8 Å². The summed E-state index contributed by atoms with van der Waals surface area (Å²) in [6.45, 7) is 3.66. The van der Waals surface area contributed by atoms with Crippen LogP contribution in [0.25, 0.3) is 0 Å². The Kier molecular flexibility index (Phi) is 8.28. The van der Waals surface area contributed by atoms with E-state index in [0.29, 0.717) is 19.4 Å². The van der Waals surface area contributed by atoms with Crippen molar-refractivity contribution in [2.45, 2.75) is 32.2 Å². The van der Waals surface area contributed by atoms with Crippen LogP contribution in [-0.4, -0.2) is 31.1 Å². The molecule has 0 aromatic carbocycles. The van der Waals surface area contributed by atoms with Crippen LogP contribution in [0.1, 0.15) is 26.7 Å². The Morgan fingerprint density at radius 2 is 1.93 bits per heavy atom. The lowest BCUT2D eigenvalue weighted by molar-refractivity contribution is -0.149. The maximum absolute atomic E-state index is 11.3. The molecule has 0 aromatic heterocycles. The van der Waals surface area contributed by atoms with Crippen LogP contribution in [0.4, 0.5) is 0 Å². The van der Waals surface area contributed by atoms with Gasteiger partial charge in [0, 0.05) is 6.42 Å². The number of rotatable bonds is 5. The minimum atomic E-state index is -0.972. The minimum Gasteiger partial charge on any atom is -0.467 e. The zero-order chi connectivity index (χ0) is 11.2. The van der Waals surface area contributed by atoms with Crippen molar-refractivity contribution >= 4 is 24.3 Å². The molecule has 15 heavy (non-hydrogen) atoms. The van der Waals surface area contributed by atoms with Gasteiger partial charge in [-0.15, -0.1) is 12.4 Å². The molecule has 1 amide bonds. The van der Waals surface area contributed by atoms with Crippen molar-refractivity contribution in [3.8, 4) is 0 Å². The van der Waals surface area contributed by atoms with Gasteiger partial charge in [-0.3, -0.25) is 4.79 Å². The zero-order valence-electron chi connectivity index (χ0n) is 9.33. The van der Waals surface area contributed by atoms with Crippen LogP contribution in [-0.2, 0) is 14.3 Å². The second-order valence-corrected chi connectivity index (χ2v) is 3.56. The number of nitrogens with two attached hydrogens (primary N) is 1. The third kappa shape index (κ3) is 6.30. The molecule has 0 saturated heterocycles. The summed E-state index contributed by atoms with van der Waals surface area (Å²) in [5.41, 5.74) is 4.28. The van der Waals surface area contributed by atoms with E-state index >= 15 is 0 Å². The van der Waals surface area contributed by atoms with Crippen molar-refractivity contribution in [3.63, 3.8) is 0 Å². The minimum absolute atomic E-state index is 0. The summed E-state index contributed by atoms with van der Waals surface area (Å²) in [7, 11) is 1.29. The molecule has 0 radical (unpaired) electrons. The third-order valence-corrected chi connectivity index (χ3v) is 1.76. The molecule has 0 fully saturated rings. The second kappa shape index (κ2) is 7.48. The van der Waals surface area contributed by atoms with Crippen LogP contribution in [0.15, 0.2) is 0 Å². The standard InChI is InChI=1S/C9H18N2O3.ClH/c1-9(2,8(13)14-3)11-7(12)5-4-6-10;/h4-6,10H2,1-3H3,(H,11,12);1H. The van der Waals surface area contributed by atoms with Gasteiger partial charge >= 0.3 is 5.97 Å². The largest absolute Gasteiger partial charge is 0.467 e. The van der Waals surface area contributed by atoms with Crippen molar-refractivity contribution in [1.82, 2.24) is 5.32 Å². The molecule has 0 aliphatic rings. The van der Waals surface area contributed by atoms with Gasteiger partial charge in [0.1, 0.15) is 5.54 Å². The van der Waals surface area contributed by atoms with Crippen molar-refractivity contribution in [1.29, 1.82) is 0 Å². The quantitative estimate of drug-likeness (QED) is 0.672. The highest BCUT2D eigenvalue weighted by atomic mass is 35.5. The molecule has 3 N–H and O–H groups in total. The van der Waals surface area contributed by atoms with E-state index in [0.717, 1.165) is 0 Å². The first kappa shape index (κ1) is 16.6. The molecule has 0 bridgehead atoms. The van der Waals surface area contributed by atoms with Gasteiger partial charge in [0.2, 0.25) is 5.91 Å². The fourth-order valence-electron chi connectivity index (χ4n) is 0.980. The SMILES string of the molecule is COC(=O)C(C)(C)NC(=O)CCCN.Cl. The van der Waals surface area contributed by atoms with E-state index in [1.807, 2.05) is 0 Å². The Morgan fingerprint density at radius 3 is 2.33 bits per heavy atom. The van der Waals surface area contributed by atoms with Gasteiger partial charge < -0.3 is 15.8 Å². The molecule has 6 heteroatoms. The number of methoxy groups -OCH3 is 1. The lowest BCUT2D eigenvalue weighted by Gasteiger charge is -2.22. The number of esters is 1. The first-order valence-electron chi connectivity index (χ1n) is 4.53. The summed E-state index contributed by atoms with van der Waals surface area (Å²) in [6.07, 6.45) is 0.944. The lowest BCUT2D eigenvalue weighted by atomic mass is 10.1. The van der Waals surface area contributed by atoms with Gasteiger partial charge in [-0.1, -0.05) is 0 Å². The number of amides is 1. The molecular formula is C9H19ClN2O3. The van der Waals surface area contributed by atoms with Crippen LogP contribution in [0.2, 0.25) is 0 Å². The molecule has 5 nitrogen and oxygen atoms in total. The topological polar surface area (TPSA) is 81.4 Å². The highest BCUT2D eigenvalue weighted by molar-refractivity contribution is 5.87. The van der Waals surface area contributed by atoms with Crippen LogP contribution < -0.4 is 11.1 Å². The van der Waals surface area contributed by atoms with E-state index in [-0.39, 0.29) is 18.3 Å². The maximum atomic E-state index is 11.3. The number of hydrogen-bond acceptors (Lipinski definition) is 4. The Labute approximate surface area is 96.1 Å². The molecule has 0 aliphatic carbocycles. The predicted octanol–water partition coefficient (Wildman–Crippen LogP) is 0.215. The highest BCUT2D eigenvalue weighted by Crippen LogP contribution is 2.05. The van der Waals surface area contributed by atoms with Crippen molar-refractivity contribution in [2.75, 3.05) is 13.7 Å². The predicted molar refractivity (Wildman–Crippen MR) is 59.8 cm³/mol. The van der Waals surface area contributed by atoms with E-state index in [9.17, 15) is 9.59 Å². The molecule has 0 spiro atoms. The van der Waals surface area contributed by atoms with Crippen LogP contribution >= 0.6 is 12.4 Å². The van der Waals surface area contributed by atoms with Crippen LogP contribution in [0.3, 0.4) is 0 Å². The molecule has 0 aromatic rings. The van der Waals surface area contributed by atoms with Crippen molar-refractivity contribution in [3.05, 3.63) is 0 Å². The first-order valence-corrected chi connectivity index (χ1v) is 4.53. The Morgan fingerprint density at radius 1 is 1.40 bits per heavy atom. The van der Waals surface area contributed by atoms with Crippen LogP contribution in [0, 0.1) is 0 Å². The first-order chi connectivity index (χ1) is 6.44. The molecule has 0 atom stereocenters. The van der Waals surface area contributed by atoms with Gasteiger partial charge in [0.05, 0.1) is 7.11 Å². The van der Waals surface area contributed by atoms with Gasteiger partial charge in [0.25, 0.3) is 0 Å². The average Bonchev–Trinajstić information content (AvgIpc) is 2.12. The Hall–Kier alpha value is -0.810. The number of carbonyl (C=O) groups excluding carboxylic acids is 2. The molecule has 0 saturated carbocycles. The summed E-state index contributed by atoms with van der Waals surface area (Å²) in [5, 5.41) is 2.57.